The number of rotatable bonds is 9. The van der Waals surface area contributed by atoms with Crippen molar-refractivity contribution < 1.29 is 19.1 Å². The molecule has 0 aliphatic rings. The Kier molecular flexibility index (Phi) is 8.00. The van der Waals surface area contributed by atoms with Crippen LogP contribution in [0.25, 0.3) is 0 Å². The smallest absolute Gasteiger partial charge is 0.251 e. The highest BCUT2D eigenvalue weighted by Gasteiger charge is 2.21. The van der Waals surface area contributed by atoms with Gasteiger partial charge in [-0.25, -0.2) is 0 Å². The van der Waals surface area contributed by atoms with Crippen molar-refractivity contribution in [2.75, 3.05) is 31.5 Å². The number of thioether (sulfide) groups is 1. The summed E-state index contributed by atoms with van der Waals surface area (Å²) in [4.78, 5) is 25.2. The molecule has 0 bridgehead atoms. The van der Waals surface area contributed by atoms with E-state index in [0.29, 0.717) is 29.2 Å². The van der Waals surface area contributed by atoms with Gasteiger partial charge in [0.15, 0.2) is 11.5 Å². The second-order valence-electron chi connectivity index (χ2n) is 5.73. The fourth-order valence-electron chi connectivity index (χ4n) is 2.48. The lowest BCUT2D eigenvalue weighted by Crippen LogP contribution is -2.44. The summed E-state index contributed by atoms with van der Waals surface area (Å²) in [5.74, 6) is 1.29. The molecule has 0 saturated heterocycles. The number of benzene rings is 2. The first-order valence-corrected chi connectivity index (χ1v) is 9.86. The number of anilines is 1. The lowest BCUT2D eigenvalue weighted by molar-refractivity contribution is -0.118. The summed E-state index contributed by atoms with van der Waals surface area (Å²) in [5, 5.41) is 5.65. The average molecular weight is 388 g/mol. The van der Waals surface area contributed by atoms with Crippen LogP contribution in [0, 0.1) is 0 Å². The van der Waals surface area contributed by atoms with Crippen LogP contribution in [0.3, 0.4) is 0 Å². The summed E-state index contributed by atoms with van der Waals surface area (Å²) in [5.41, 5.74) is 1.09. The van der Waals surface area contributed by atoms with E-state index in [-0.39, 0.29) is 11.8 Å². The summed E-state index contributed by atoms with van der Waals surface area (Å²) >= 11 is 1.62. The van der Waals surface area contributed by atoms with Crippen LogP contribution in [-0.4, -0.2) is 44.1 Å². The zero-order chi connectivity index (χ0) is 19.6. The summed E-state index contributed by atoms with van der Waals surface area (Å²) in [6, 6.07) is 13.3. The molecule has 2 aromatic carbocycles. The van der Waals surface area contributed by atoms with E-state index < -0.39 is 6.04 Å². The summed E-state index contributed by atoms with van der Waals surface area (Å²) in [6.45, 7) is 0. The van der Waals surface area contributed by atoms with Crippen molar-refractivity contribution in [3.05, 3.63) is 54.1 Å². The van der Waals surface area contributed by atoms with Gasteiger partial charge in [-0.05, 0) is 42.7 Å². The van der Waals surface area contributed by atoms with E-state index in [1.165, 1.54) is 7.11 Å². The highest BCUT2D eigenvalue weighted by molar-refractivity contribution is 7.98. The Bertz CT molecular complexity index is 768. The third-order valence-electron chi connectivity index (χ3n) is 3.92. The topological polar surface area (TPSA) is 76.7 Å². The Morgan fingerprint density at radius 2 is 1.74 bits per heavy atom. The van der Waals surface area contributed by atoms with Crippen LogP contribution in [0.2, 0.25) is 0 Å². The molecule has 0 spiro atoms. The quantitative estimate of drug-likeness (QED) is 0.690. The van der Waals surface area contributed by atoms with Crippen LogP contribution >= 0.6 is 11.8 Å². The normalized spacial score (nSPS) is 11.4. The van der Waals surface area contributed by atoms with Gasteiger partial charge in [0.25, 0.3) is 5.91 Å². The Labute approximate surface area is 163 Å². The minimum Gasteiger partial charge on any atom is -0.493 e. The monoisotopic (exact) mass is 388 g/mol. The number of nitrogens with one attached hydrogen (secondary N) is 2. The average Bonchev–Trinajstić information content (AvgIpc) is 2.71. The Hall–Kier alpha value is -2.67. The number of amides is 2. The molecule has 6 nitrogen and oxygen atoms in total. The van der Waals surface area contributed by atoms with Crippen molar-refractivity contribution in [2.24, 2.45) is 0 Å². The Morgan fingerprint density at radius 3 is 2.37 bits per heavy atom. The van der Waals surface area contributed by atoms with Gasteiger partial charge in [-0.1, -0.05) is 18.2 Å². The van der Waals surface area contributed by atoms with Crippen LogP contribution in [0.4, 0.5) is 5.69 Å². The van der Waals surface area contributed by atoms with E-state index in [0.717, 1.165) is 5.75 Å². The second-order valence-corrected chi connectivity index (χ2v) is 6.72. The van der Waals surface area contributed by atoms with Gasteiger partial charge in [0.05, 0.1) is 14.2 Å². The van der Waals surface area contributed by atoms with Gasteiger partial charge >= 0.3 is 0 Å². The first kappa shape index (κ1) is 20.6. The van der Waals surface area contributed by atoms with Crippen molar-refractivity contribution >= 4 is 29.3 Å². The molecule has 0 aliphatic carbocycles. The third kappa shape index (κ3) is 5.92. The molecule has 0 aromatic heterocycles. The molecule has 0 aliphatic heterocycles. The summed E-state index contributed by atoms with van der Waals surface area (Å²) in [7, 11) is 3.08. The molecule has 0 fully saturated rings. The molecule has 0 unspecified atom stereocenters. The van der Waals surface area contributed by atoms with Crippen LogP contribution in [0.15, 0.2) is 48.5 Å². The lowest BCUT2D eigenvalue weighted by Gasteiger charge is -2.19. The fourth-order valence-corrected chi connectivity index (χ4v) is 2.95. The summed E-state index contributed by atoms with van der Waals surface area (Å²) < 4.78 is 10.5. The van der Waals surface area contributed by atoms with E-state index in [1.807, 2.05) is 12.3 Å². The molecule has 27 heavy (non-hydrogen) atoms. The number of hydrogen-bond acceptors (Lipinski definition) is 5. The highest BCUT2D eigenvalue weighted by Crippen LogP contribution is 2.29. The largest absolute Gasteiger partial charge is 0.493 e. The number of methoxy groups -OCH3 is 2. The number of ether oxygens (including phenoxy) is 2. The molecule has 0 saturated carbocycles. The van der Waals surface area contributed by atoms with Gasteiger partial charge in [-0.15, -0.1) is 0 Å². The number of hydrogen-bond donors (Lipinski definition) is 2. The van der Waals surface area contributed by atoms with Crippen LogP contribution in [0.1, 0.15) is 16.8 Å². The van der Waals surface area contributed by atoms with Crippen LogP contribution < -0.4 is 20.1 Å². The third-order valence-corrected chi connectivity index (χ3v) is 4.56. The molecule has 2 aromatic rings. The molecule has 0 radical (unpaired) electrons. The Morgan fingerprint density at radius 1 is 1.04 bits per heavy atom. The molecule has 2 N–H and O–H groups in total. The van der Waals surface area contributed by atoms with Crippen LogP contribution in [-0.2, 0) is 4.79 Å². The van der Waals surface area contributed by atoms with Crippen molar-refractivity contribution in [2.45, 2.75) is 12.5 Å². The zero-order valence-corrected chi connectivity index (χ0v) is 16.5. The van der Waals surface area contributed by atoms with E-state index >= 15 is 0 Å². The Balaban J connectivity index is 2.11. The molecule has 2 rings (SSSR count). The maximum Gasteiger partial charge on any atom is 0.251 e. The molecule has 2 amide bonds. The maximum atomic E-state index is 12.7. The second kappa shape index (κ2) is 10.5. The molecular formula is C20H24N2O4S. The van der Waals surface area contributed by atoms with Crippen molar-refractivity contribution in [3.63, 3.8) is 0 Å². The molecular weight excluding hydrogens is 364 g/mol. The van der Waals surface area contributed by atoms with Gasteiger partial charge in [0.1, 0.15) is 6.04 Å². The fraction of sp³-hybridized carbons (Fsp3) is 0.300. The highest BCUT2D eigenvalue weighted by atomic mass is 32.2. The standard InChI is InChI=1S/C20H24N2O4S/c1-25-17-10-9-15(13-18(17)26-2)21-20(24)16(11-12-27-3)22-19(23)14-7-5-4-6-8-14/h4-10,13,16H,11-12H2,1-3H3,(H,21,24)(H,22,23)/t16-/m0/s1. The zero-order valence-electron chi connectivity index (χ0n) is 15.7. The van der Waals surface area contributed by atoms with E-state index in [1.54, 1.807) is 61.3 Å². The number of carbonyl (C=O) groups is 2. The van der Waals surface area contributed by atoms with Gasteiger partial charge < -0.3 is 20.1 Å². The van der Waals surface area contributed by atoms with Gasteiger partial charge in [-0.3, -0.25) is 9.59 Å². The minimum absolute atomic E-state index is 0.274. The van der Waals surface area contributed by atoms with E-state index in [9.17, 15) is 9.59 Å². The van der Waals surface area contributed by atoms with Gasteiger partial charge in [0.2, 0.25) is 5.91 Å². The van der Waals surface area contributed by atoms with E-state index in [2.05, 4.69) is 10.6 Å². The van der Waals surface area contributed by atoms with E-state index in [4.69, 9.17) is 9.47 Å². The van der Waals surface area contributed by atoms with Gasteiger partial charge in [0, 0.05) is 17.3 Å². The molecule has 7 heteroatoms. The minimum atomic E-state index is -0.641. The molecule has 144 valence electrons. The first-order valence-electron chi connectivity index (χ1n) is 8.46. The SMILES string of the molecule is COc1ccc(NC(=O)[C@H](CCSC)NC(=O)c2ccccc2)cc1OC. The first-order chi connectivity index (χ1) is 13.1. The predicted octanol–water partition coefficient (Wildman–Crippen LogP) is 3.19. The van der Waals surface area contributed by atoms with Gasteiger partial charge in [-0.2, -0.15) is 11.8 Å². The number of carbonyl (C=O) groups excluding carboxylic acids is 2. The molecule has 0 heterocycles. The summed E-state index contributed by atoms with van der Waals surface area (Å²) in [6.07, 6.45) is 2.49. The van der Waals surface area contributed by atoms with Crippen molar-refractivity contribution in [1.29, 1.82) is 0 Å². The van der Waals surface area contributed by atoms with Crippen LogP contribution in [0.5, 0.6) is 11.5 Å². The van der Waals surface area contributed by atoms with Crippen molar-refractivity contribution in [1.82, 2.24) is 5.32 Å². The van der Waals surface area contributed by atoms with Crippen molar-refractivity contribution in [3.8, 4) is 11.5 Å². The lowest BCUT2D eigenvalue weighted by atomic mass is 10.1. The maximum absolute atomic E-state index is 12.7. The predicted molar refractivity (Wildman–Crippen MR) is 109 cm³/mol. The molecule has 1 atom stereocenters.